The summed E-state index contributed by atoms with van der Waals surface area (Å²) in [6, 6.07) is 19.0. The number of halogens is 1. The first-order valence-corrected chi connectivity index (χ1v) is 10.2. The smallest absolute Gasteiger partial charge is 0.227 e. The molecule has 5 heteroatoms. The van der Waals surface area contributed by atoms with Crippen LogP contribution in [0.2, 0.25) is 0 Å². The van der Waals surface area contributed by atoms with Crippen molar-refractivity contribution < 1.29 is 13.9 Å². The van der Waals surface area contributed by atoms with Crippen LogP contribution in [0.5, 0.6) is 5.75 Å². The summed E-state index contributed by atoms with van der Waals surface area (Å²) in [5, 5.41) is 0. The zero-order valence-corrected chi connectivity index (χ0v) is 17.3. The Morgan fingerprint density at radius 2 is 1.93 bits per heavy atom. The van der Waals surface area contributed by atoms with E-state index in [2.05, 4.69) is 24.3 Å². The largest absolute Gasteiger partial charge is 0.494 e. The van der Waals surface area contributed by atoms with Gasteiger partial charge >= 0.3 is 0 Å². The summed E-state index contributed by atoms with van der Waals surface area (Å²) >= 11 is 0. The average Bonchev–Trinajstić information content (AvgIpc) is 3.24. The lowest BCUT2D eigenvalue weighted by molar-refractivity contribution is -0.131. The average molecular weight is 404 g/mol. The van der Waals surface area contributed by atoms with Crippen molar-refractivity contribution in [1.82, 2.24) is 9.88 Å². The van der Waals surface area contributed by atoms with Gasteiger partial charge in [-0.15, -0.1) is 0 Å². The first-order valence-electron chi connectivity index (χ1n) is 10.2. The van der Waals surface area contributed by atoms with Crippen molar-refractivity contribution in [2.75, 3.05) is 13.7 Å². The quantitative estimate of drug-likeness (QED) is 0.593. The summed E-state index contributed by atoms with van der Waals surface area (Å²) in [4.78, 5) is 19.7. The predicted molar refractivity (Wildman–Crippen MR) is 115 cm³/mol. The minimum Gasteiger partial charge on any atom is -0.494 e. The van der Waals surface area contributed by atoms with Crippen LogP contribution in [-0.4, -0.2) is 29.4 Å². The van der Waals surface area contributed by atoms with Gasteiger partial charge in [0, 0.05) is 12.2 Å². The van der Waals surface area contributed by atoms with Crippen molar-refractivity contribution in [3.05, 3.63) is 83.4 Å². The van der Waals surface area contributed by atoms with E-state index in [0.717, 1.165) is 35.4 Å². The summed E-state index contributed by atoms with van der Waals surface area (Å²) in [5.41, 5.74) is 4.73. The van der Waals surface area contributed by atoms with Gasteiger partial charge in [-0.25, -0.2) is 4.39 Å². The number of amides is 1. The molecule has 1 amide bonds. The summed E-state index contributed by atoms with van der Waals surface area (Å²) in [6.45, 7) is 2.68. The molecule has 2 aromatic carbocycles. The molecule has 1 unspecified atom stereocenters. The van der Waals surface area contributed by atoms with Crippen LogP contribution < -0.4 is 4.74 Å². The van der Waals surface area contributed by atoms with E-state index in [1.54, 1.807) is 12.1 Å². The standard InChI is InChI=1S/C25H25FN2O2/c1-17-13-20(19-7-4-3-5-8-19)16-22(27-17)23-9-6-12-28(23)25(29)15-18-10-11-24(30-2)21(26)14-18/h3-5,7-8,10-11,13-14,16,23H,6,9,12,15H2,1-2H3. The van der Waals surface area contributed by atoms with Gasteiger partial charge in [0.2, 0.25) is 5.91 Å². The highest BCUT2D eigenvalue weighted by Gasteiger charge is 2.31. The third kappa shape index (κ3) is 4.20. The monoisotopic (exact) mass is 404 g/mol. The Morgan fingerprint density at radius 3 is 2.67 bits per heavy atom. The van der Waals surface area contributed by atoms with E-state index in [1.807, 2.05) is 30.0 Å². The number of methoxy groups -OCH3 is 1. The Labute approximate surface area is 176 Å². The summed E-state index contributed by atoms with van der Waals surface area (Å²) in [5.74, 6) is -0.275. The third-order valence-electron chi connectivity index (χ3n) is 5.57. The van der Waals surface area contributed by atoms with Crippen LogP contribution in [0.25, 0.3) is 11.1 Å². The van der Waals surface area contributed by atoms with Crippen LogP contribution >= 0.6 is 0 Å². The maximum atomic E-state index is 14.0. The molecule has 1 aromatic heterocycles. The number of pyridine rings is 1. The molecule has 0 spiro atoms. The lowest BCUT2D eigenvalue weighted by atomic mass is 10.0. The number of likely N-dealkylation sites (tertiary alicyclic amines) is 1. The van der Waals surface area contributed by atoms with Crippen molar-refractivity contribution >= 4 is 5.91 Å². The maximum absolute atomic E-state index is 14.0. The molecule has 0 N–H and O–H groups in total. The van der Waals surface area contributed by atoms with Gasteiger partial charge in [0.25, 0.3) is 0 Å². The van der Waals surface area contributed by atoms with Gasteiger partial charge in [-0.1, -0.05) is 36.4 Å². The second-order valence-corrected chi connectivity index (χ2v) is 7.68. The Morgan fingerprint density at radius 1 is 1.13 bits per heavy atom. The number of rotatable bonds is 5. The molecular weight excluding hydrogens is 379 g/mol. The van der Waals surface area contributed by atoms with E-state index >= 15 is 0 Å². The fourth-order valence-electron chi connectivity index (χ4n) is 4.13. The Kier molecular flexibility index (Phi) is 5.79. The van der Waals surface area contributed by atoms with E-state index in [-0.39, 0.29) is 24.1 Å². The van der Waals surface area contributed by atoms with E-state index in [1.165, 1.54) is 13.2 Å². The fraction of sp³-hybridized carbons (Fsp3) is 0.280. The normalized spacial score (nSPS) is 16.0. The molecular formula is C25H25FN2O2. The fourth-order valence-corrected chi connectivity index (χ4v) is 4.13. The molecule has 30 heavy (non-hydrogen) atoms. The molecule has 1 atom stereocenters. The zero-order chi connectivity index (χ0) is 21.1. The number of nitrogens with zero attached hydrogens (tertiary/aromatic N) is 2. The van der Waals surface area contributed by atoms with E-state index in [9.17, 15) is 9.18 Å². The van der Waals surface area contributed by atoms with Crippen molar-refractivity contribution in [3.63, 3.8) is 0 Å². The van der Waals surface area contributed by atoms with Gasteiger partial charge in [-0.3, -0.25) is 9.78 Å². The van der Waals surface area contributed by atoms with Crippen molar-refractivity contribution in [1.29, 1.82) is 0 Å². The van der Waals surface area contributed by atoms with Crippen LogP contribution in [0.4, 0.5) is 4.39 Å². The van der Waals surface area contributed by atoms with Crippen LogP contribution in [0.1, 0.15) is 35.8 Å². The maximum Gasteiger partial charge on any atom is 0.227 e. The molecule has 0 saturated carbocycles. The molecule has 0 aliphatic carbocycles. The van der Waals surface area contributed by atoms with Crippen LogP contribution in [0, 0.1) is 12.7 Å². The number of carbonyl (C=O) groups is 1. The number of benzene rings is 2. The number of carbonyl (C=O) groups excluding carboxylic acids is 1. The topological polar surface area (TPSA) is 42.4 Å². The lowest BCUT2D eigenvalue weighted by Crippen LogP contribution is -2.32. The number of aryl methyl sites for hydroxylation is 1. The first kappa shape index (κ1) is 20.1. The highest BCUT2D eigenvalue weighted by atomic mass is 19.1. The van der Waals surface area contributed by atoms with Crippen LogP contribution in [0.3, 0.4) is 0 Å². The van der Waals surface area contributed by atoms with E-state index in [4.69, 9.17) is 9.72 Å². The van der Waals surface area contributed by atoms with Gasteiger partial charge in [-0.05, 0) is 60.7 Å². The molecule has 1 aliphatic heterocycles. The van der Waals surface area contributed by atoms with Gasteiger partial charge in [0.05, 0.1) is 25.3 Å². The van der Waals surface area contributed by atoms with Gasteiger partial charge in [-0.2, -0.15) is 0 Å². The number of hydrogen-bond acceptors (Lipinski definition) is 3. The second-order valence-electron chi connectivity index (χ2n) is 7.68. The number of ether oxygens (including phenoxy) is 1. The zero-order valence-electron chi connectivity index (χ0n) is 17.3. The minimum atomic E-state index is -0.450. The SMILES string of the molecule is COc1ccc(CC(=O)N2CCCC2c2cc(-c3ccccc3)cc(C)n2)cc1F. The number of hydrogen-bond donors (Lipinski definition) is 0. The summed E-state index contributed by atoms with van der Waals surface area (Å²) in [6.07, 6.45) is 1.98. The van der Waals surface area contributed by atoms with Crippen molar-refractivity contribution in [2.45, 2.75) is 32.2 Å². The molecule has 2 heterocycles. The molecule has 4 nitrogen and oxygen atoms in total. The molecule has 154 valence electrons. The van der Waals surface area contributed by atoms with Crippen molar-refractivity contribution in [3.8, 4) is 16.9 Å². The van der Waals surface area contributed by atoms with Gasteiger partial charge in [0.15, 0.2) is 11.6 Å². The van der Waals surface area contributed by atoms with E-state index in [0.29, 0.717) is 12.1 Å². The summed E-state index contributed by atoms with van der Waals surface area (Å²) < 4.78 is 19.0. The Balaban J connectivity index is 1.57. The van der Waals surface area contributed by atoms with Crippen LogP contribution in [0.15, 0.2) is 60.7 Å². The van der Waals surface area contributed by atoms with Gasteiger partial charge in [0.1, 0.15) is 0 Å². The Bertz CT molecular complexity index is 1050. The van der Waals surface area contributed by atoms with Crippen molar-refractivity contribution in [2.24, 2.45) is 0 Å². The van der Waals surface area contributed by atoms with Gasteiger partial charge < -0.3 is 9.64 Å². The molecule has 0 bridgehead atoms. The molecule has 1 fully saturated rings. The molecule has 4 rings (SSSR count). The molecule has 1 aliphatic rings. The minimum absolute atomic E-state index is 0.00775. The highest BCUT2D eigenvalue weighted by molar-refractivity contribution is 5.79. The van der Waals surface area contributed by atoms with Crippen LogP contribution in [-0.2, 0) is 11.2 Å². The summed E-state index contributed by atoms with van der Waals surface area (Å²) in [7, 11) is 1.43. The molecule has 3 aromatic rings. The Hall–Kier alpha value is -3.21. The first-order chi connectivity index (χ1) is 14.5. The highest BCUT2D eigenvalue weighted by Crippen LogP contribution is 2.34. The number of aromatic nitrogens is 1. The molecule has 0 radical (unpaired) electrons. The predicted octanol–water partition coefficient (Wildman–Crippen LogP) is 5.11. The third-order valence-corrected chi connectivity index (χ3v) is 5.57. The molecule has 1 saturated heterocycles. The second kappa shape index (κ2) is 8.66. The lowest BCUT2D eigenvalue weighted by Gasteiger charge is -2.25. The van der Waals surface area contributed by atoms with E-state index < -0.39 is 5.82 Å².